The van der Waals surface area contributed by atoms with E-state index in [9.17, 15) is 26.3 Å². The average molecular weight is 1030 g/mol. The zero-order valence-electron chi connectivity index (χ0n) is 40.5. The second kappa shape index (κ2) is 17.9. The predicted octanol–water partition coefficient (Wildman–Crippen LogP) is 15.4. The van der Waals surface area contributed by atoms with Crippen LogP contribution in [0.4, 0.5) is 26.3 Å². The molecule has 0 spiro atoms. The van der Waals surface area contributed by atoms with Crippen molar-refractivity contribution in [3.8, 4) is 44.8 Å². The van der Waals surface area contributed by atoms with Crippen molar-refractivity contribution in [3.05, 3.63) is 187 Å². The van der Waals surface area contributed by atoms with Crippen molar-refractivity contribution in [1.29, 1.82) is 0 Å². The van der Waals surface area contributed by atoms with Gasteiger partial charge in [0.1, 0.15) is 5.58 Å². The van der Waals surface area contributed by atoms with Crippen LogP contribution >= 0.6 is 0 Å². The molecular weight excluding hydrogens is 987 g/mol. The van der Waals surface area contributed by atoms with Gasteiger partial charge in [0.15, 0.2) is 0 Å². The monoisotopic (exact) mass is 1030 g/mol. The minimum absolute atomic E-state index is 0. The second-order valence-electron chi connectivity index (χ2n) is 15.1. The molecular formula is C53H40F6IrN2O-2. The summed E-state index contributed by atoms with van der Waals surface area (Å²) in [6.07, 6.45) is -13.4. The van der Waals surface area contributed by atoms with Gasteiger partial charge in [0, 0.05) is 58.6 Å². The first-order valence-electron chi connectivity index (χ1n) is 22.8. The van der Waals surface area contributed by atoms with Crippen molar-refractivity contribution in [1.82, 2.24) is 9.97 Å². The summed E-state index contributed by atoms with van der Waals surface area (Å²) >= 11 is 0. The maximum atomic E-state index is 13.6. The number of fused-ring (bicyclic) bond motifs is 5. The molecule has 0 amide bonds. The number of pyridine rings is 2. The van der Waals surface area contributed by atoms with Crippen molar-refractivity contribution < 1.29 is 60.5 Å². The van der Waals surface area contributed by atoms with E-state index in [0.717, 1.165) is 64.4 Å². The fourth-order valence-corrected chi connectivity index (χ4v) is 7.11. The van der Waals surface area contributed by atoms with Gasteiger partial charge in [-0.15, -0.1) is 29.8 Å². The molecule has 9 aromatic rings. The van der Waals surface area contributed by atoms with Gasteiger partial charge in [-0.3, -0.25) is 4.98 Å². The molecule has 63 heavy (non-hydrogen) atoms. The van der Waals surface area contributed by atoms with Crippen LogP contribution in [0.3, 0.4) is 0 Å². The van der Waals surface area contributed by atoms with E-state index in [1.165, 1.54) is 24.3 Å². The van der Waals surface area contributed by atoms with Crippen molar-refractivity contribution in [2.45, 2.75) is 45.8 Å². The van der Waals surface area contributed by atoms with E-state index in [2.05, 4.69) is 35.1 Å². The third-order valence-corrected chi connectivity index (χ3v) is 10.4. The number of benzene rings is 6. The van der Waals surface area contributed by atoms with Crippen LogP contribution in [-0.4, -0.2) is 22.3 Å². The Morgan fingerprint density at radius 2 is 1.37 bits per heavy atom. The fraction of sp³-hybridized carbons (Fsp3) is 0.151. The Morgan fingerprint density at radius 3 is 2.06 bits per heavy atom. The van der Waals surface area contributed by atoms with E-state index in [0.29, 0.717) is 39.1 Å². The van der Waals surface area contributed by atoms with Crippen molar-refractivity contribution >= 4 is 32.7 Å². The van der Waals surface area contributed by atoms with Crippen LogP contribution in [0, 0.1) is 25.3 Å². The van der Waals surface area contributed by atoms with Gasteiger partial charge >= 0.3 is 12.4 Å². The molecule has 0 atom stereocenters. The third-order valence-electron chi connectivity index (χ3n) is 10.4. The van der Waals surface area contributed by atoms with Crippen LogP contribution in [0.2, 0.25) is 0 Å². The number of aromatic nitrogens is 2. The third kappa shape index (κ3) is 9.73. The van der Waals surface area contributed by atoms with Gasteiger partial charge in [-0.2, -0.15) is 44.9 Å². The first-order valence-corrected chi connectivity index (χ1v) is 19.3. The number of hydrogen-bond donors (Lipinski definition) is 0. The Balaban J connectivity index is 0.000000211. The molecule has 0 saturated heterocycles. The summed E-state index contributed by atoms with van der Waals surface area (Å²) in [7, 11) is 0. The van der Waals surface area contributed by atoms with Gasteiger partial charge in [-0.25, -0.2) is 0 Å². The van der Waals surface area contributed by atoms with Gasteiger partial charge in [-0.05, 0) is 63.0 Å². The Labute approximate surface area is 385 Å². The normalized spacial score (nSPS) is 14.3. The number of nitrogens with zero attached hydrogens (tertiary/aromatic N) is 2. The van der Waals surface area contributed by atoms with Gasteiger partial charge in [0.25, 0.3) is 0 Å². The van der Waals surface area contributed by atoms with Gasteiger partial charge in [0.05, 0.1) is 17.4 Å². The molecule has 3 aromatic heterocycles. The fourth-order valence-electron chi connectivity index (χ4n) is 7.11. The van der Waals surface area contributed by atoms with Crippen LogP contribution in [0.25, 0.3) is 77.5 Å². The van der Waals surface area contributed by atoms with E-state index in [-0.39, 0.29) is 36.9 Å². The standard InChI is InChI=1S/C32H23F3NO.C21H17F3N.Ir/c1-31(2,32(33,34)35)19-20-10-12-21(13-11-20)23-16-17-36-28(18-23)27-9-5-8-25-26-15-14-22-6-3-4-7-24(22)29(26)37-30(25)27;1-14-10-15(2)19(11-18(14)17-6-4-3-5-7-17)20-9-8-16(13-25-20)12-21(22,23)24;/h3-8,10-18H,19H2,1-2H3;3-11,13H,2,12H2,1H3;/q2*-1;/i19D2;1D3,12D2;. The van der Waals surface area contributed by atoms with Crippen molar-refractivity contribution in [3.63, 3.8) is 0 Å². The topological polar surface area (TPSA) is 38.9 Å². The molecule has 0 unspecified atom stereocenters. The zero-order chi connectivity index (χ0) is 49.9. The molecule has 0 saturated carbocycles. The molecule has 0 bridgehead atoms. The first kappa shape index (κ1) is 36.3. The summed E-state index contributed by atoms with van der Waals surface area (Å²) in [5.74, 6) is 0. The van der Waals surface area contributed by atoms with E-state index in [4.69, 9.17) is 14.0 Å². The quantitative estimate of drug-likeness (QED) is 0.118. The summed E-state index contributed by atoms with van der Waals surface area (Å²) in [4.78, 5) is 8.55. The summed E-state index contributed by atoms with van der Waals surface area (Å²) in [5.41, 5.74) is 3.38. The summed E-state index contributed by atoms with van der Waals surface area (Å²) in [6, 6.07) is 43.2. The van der Waals surface area contributed by atoms with E-state index in [1.54, 1.807) is 60.8 Å². The molecule has 0 aliphatic carbocycles. The van der Waals surface area contributed by atoms with Crippen LogP contribution < -0.4 is 0 Å². The van der Waals surface area contributed by atoms with Crippen LogP contribution in [0.1, 0.15) is 45.7 Å². The van der Waals surface area contributed by atoms with E-state index in [1.807, 2.05) is 42.5 Å². The number of rotatable bonds is 7. The van der Waals surface area contributed by atoms with Crippen molar-refractivity contribution in [2.75, 3.05) is 0 Å². The van der Waals surface area contributed by atoms with Crippen LogP contribution in [0.15, 0.2) is 156 Å². The molecule has 9 rings (SSSR count). The molecule has 321 valence electrons. The second-order valence-corrected chi connectivity index (χ2v) is 15.1. The Bertz CT molecular complexity index is 3340. The predicted molar refractivity (Wildman–Crippen MR) is 236 cm³/mol. The number of furan rings is 1. The minimum Gasteiger partial charge on any atom is -0.500 e. The Kier molecular flexibility index (Phi) is 10.3. The van der Waals surface area contributed by atoms with E-state index < -0.39 is 42.9 Å². The Hall–Kier alpha value is -6.22. The summed E-state index contributed by atoms with van der Waals surface area (Å²) in [5, 5.41) is 4.06. The smallest absolute Gasteiger partial charge is 0.394 e. The van der Waals surface area contributed by atoms with E-state index >= 15 is 0 Å². The maximum absolute atomic E-state index is 13.6. The number of hydrogen-bond acceptors (Lipinski definition) is 3. The largest absolute Gasteiger partial charge is 0.500 e. The van der Waals surface area contributed by atoms with Crippen LogP contribution in [0.5, 0.6) is 0 Å². The SMILES string of the molecule is [2H]C([2H])([2H])c1cc([CH2-])c(-c2ccc(C([2H])([2H])C(F)(F)F)cn2)cc1-c1ccccc1.[2H]C([2H])(c1ccc(-c2ccnc(-c3[c-]ccc4c3oc3c5ccccc5ccc43)c2)cc1)C(C)(C)C(F)(F)F.[Ir]. The van der Waals surface area contributed by atoms with Crippen LogP contribution in [-0.2, 0) is 32.9 Å². The molecule has 0 N–H and O–H groups in total. The molecule has 3 nitrogen and oxygen atoms in total. The van der Waals surface area contributed by atoms with Crippen molar-refractivity contribution in [2.24, 2.45) is 5.41 Å². The Morgan fingerprint density at radius 1 is 0.651 bits per heavy atom. The number of aryl methyl sites for hydroxylation is 1. The van der Waals surface area contributed by atoms with Gasteiger partial charge in [-0.1, -0.05) is 140 Å². The summed E-state index contributed by atoms with van der Waals surface area (Å²) in [6.45, 7) is 3.25. The molecule has 1 radical (unpaired) electrons. The maximum Gasteiger partial charge on any atom is 0.394 e. The minimum atomic E-state index is -5.07. The molecule has 6 aromatic carbocycles. The number of alkyl halides is 6. The van der Waals surface area contributed by atoms with Gasteiger partial charge < -0.3 is 9.40 Å². The molecule has 0 aliphatic rings. The molecule has 0 aliphatic heterocycles. The molecule has 0 fully saturated rings. The first-order chi connectivity index (χ1) is 32.3. The zero-order valence-corrected chi connectivity index (χ0v) is 35.9. The molecule has 3 heterocycles. The van der Waals surface area contributed by atoms with Gasteiger partial charge in [0.2, 0.25) is 0 Å². The average Bonchev–Trinajstić information content (AvgIpc) is 3.71. The molecule has 10 heteroatoms. The number of halogens is 6. The summed E-state index contributed by atoms with van der Waals surface area (Å²) < 4.78 is 140.